The predicted molar refractivity (Wildman–Crippen MR) is 111 cm³/mol. The third-order valence-electron chi connectivity index (χ3n) is 5.48. The van der Waals surface area contributed by atoms with Gasteiger partial charge in [0, 0.05) is 35.5 Å². The van der Waals surface area contributed by atoms with Gasteiger partial charge in [0.15, 0.2) is 11.5 Å². The van der Waals surface area contributed by atoms with Gasteiger partial charge < -0.3 is 19.3 Å². The minimum absolute atomic E-state index is 0.0605. The van der Waals surface area contributed by atoms with E-state index >= 15 is 0 Å². The summed E-state index contributed by atoms with van der Waals surface area (Å²) >= 11 is 0. The lowest BCUT2D eigenvalue weighted by molar-refractivity contribution is -0.0211. The lowest BCUT2D eigenvalue weighted by atomic mass is 9.95. The summed E-state index contributed by atoms with van der Waals surface area (Å²) in [6.07, 6.45) is 3.66. The summed E-state index contributed by atoms with van der Waals surface area (Å²) in [6.45, 7) is 0. The number of benzene rings is 2. The van der Waals surface area contributed by atoms with Crippen LogP contribution in [0, 0.1) is 0 Å². The van der Waals surface area contributed by atoms with Crippen LogP contribution in [-0.4, -0.2) is 35.0 Å². The second kappa shape index (κ2) is 7.26. The summed E-state index contributed by atoms with van der Waals surface area (Å²) in [5.41, 5.74) is 3.30. The molecule has 0 unspecified atom stereocenters. The summed E-state index contributed by atoms with van der Waals surface area (Å²) in [5.74, 6) is 2.22. The fourth-order valence-electron chi connectivity index (χ4n) is 4.02. The maximum atomic E-state index is 10.5. The van der Waals surface area contributed by atoms with Crippen LogP contribution in [0.25, 0.3) is 0 Å². The second-order valence-electron chi connectivity index (χ2n) is 7.16. The highest BCUT2D eigenvalue weighted by Gasteiger charge is 2.42. The molecule has 1 aromatic heterocycles. The molecule has 1 N–H and O–H groups in total. The molecule has 0 spiro atoms. The largest absolute Gasteiger partial charge is 0.507 e. The Labute approximate surface area is 174 Å². The van der Waals surface area contributed by atoms with E-state index < -0.39 is 6.23 Å². The molecule has 7 nitrogen and oxygen atoms in total. The van der Waals surface area contributed by atoms with E-state index in [1.165, 1.54) is 0 Å². The number of hydrogen-bond donors (Lipinski definition) is 1. The van der Waals surface area contributed by atoms with Gasteiger partial charge in [-0.3, -0.25) is 4.98 Å². The summed E-state index contributed by atoms with van der Waals surface area (Å²) < 4.78 is 17.3. The van der Waals surface area contributed by atoms with Gasteiger partial charge in [0.1, 0.15) is 11.5 Å². The van der Waals surface area contributed by atoms with Crippen molar-refractivity contribution < 1.29 is 19.3 Å². The Kier molecular flexibility index (Phi) is 4.43. The number of methoxy groups -OCH3 is 2. The van der Waals surface area contributed by atoms with E-state index in [0.29, 0.717) is 29.2 Å². The van der Waals surface area contributed by atoms with Crippen molar-refractivity contribution in [1.29, 1.82) is 0 Å². The molecule has 0 fully saturated rings. The molecule has 0 saturated heterocycles. The number of hydrazone groups is 1. The highest BCUT2D eigenvalue weighted by atomic mass is 16.5. The van der Waals surface area contributed by atoms with Crippen LogP contribution >= 0.6 is 0 Å². The van der Waals surface area contributed by atoms with Crippen molar-refractivity contribution in [2.75, 3.05) is 14.2 Å². The van der Waals surface area contributed by atoms with Gasteiger partial charge >= 0.3 is 0 Å². The van der Waals surface area contributed by atoms with E-state index in [-0.39, 0.29) is 11.8 Å². The molecule has 30 heavy (non-hydrogen) atoms. The summed E-state index contributed by atoms with van der Waals surface area (Å²) in [4.78, 5) is 4.24. The van der Waals surface area contributed by atoms with Crippen molar-refractivity contribution in [3.05, 3.63) is 77.6 Å². The molecular formula is C23H21N3O4. The predicted octanol–water partition coefficient (Wildman–Crippen LogP) is 4.05. The molecule has 0 bridgehead atoms. The fourth-order valence-corrected chi connectivity index (χ4v) is 4.02. The SMILES string of the molecule is COc1ccc(O)c(C2=NN3[C@@H](c4cccnc4)Oc4c(OC)cccc4[C@@H]3C2)c1. The van der Waals surface area contributed by atoms with E-state index in [9.17, 15) is 5.11 Å². The molecule has 3 heterocycles. The number of nitrogens with zero attached hydrogens (tertiary/aromatic N) is 3. The highest BCUT2D eigenvalue weighted by molar-refractivity contribution is 6.04. The van der Waals surface area contributed by atoms with Crippen LogP contribution in [0.15, 0.2) is 66.0 Å². The lowest BCUT2D eigenvalue weighted by Gasteiger charge is -2.38. The van der Waals surface area contributed by atoms with Crippen molar-refractivity contribution in [3.63, 3.8) is 0 Å². The molecule has 2 aliphatic rings. The smallest absolute Gasteiger partial charge is 0.215 e. The first-order chi connectivity index (χ1) is 14.7. The quantitative estimate of drug-likeness (QED) is 0.708. The number of rotatable bonds is 4. The number of pyridine rings is 1. The maximum absolute atomic E-state index is 10.5. The normalized spacial score (nSPS) is 19.4. The summed E-state index contributed by atoms with van der Waals surface area (Å²) in [5, 5.41) is 17.3. The number of phenolic OH excluding ortho intramolecular Hbond substituents is 1. The Balaban J connectivity index is 1.63. The van der Waals surface area contributed by atoms with Crippen molar-refractivity contribution in [2.45, 2.75) is 18.7 Å². The number of phenols is 1. The van der Waals surface area contributed by atoms with Gasteiger partial charge in [0.2, 0.25) is 6.23 Å². The van der Waals surface area contributed by atoms with E-state index in [1.807, 2.05) is 35.3 Å². The van der Waals surface area contributed by atoms with Gasteiger partial charge in [0.25, 0.3) is 0 Å². The number of fused-ring (bicyclic) bond motifs is 3. The molecule has 152 valence electrons. The van der Waals surface area contributed by atoms with Crippen molar-refractivity contribution in [2.24, 2.45) is 5.10 Å². The first-order valence-electron chi connectivity index (χ1n) is 9.66. The van der Waals surface area contributed by atoms with E-state index in [0.717, 1.165) is 16.8 Å². The Morgan fingerprint density at radius 2 is 2.00 bits per heavy atom. The molecule has 3 aromatic rings. The van der Waals surface area contributed by atoms with Gasteiger partial charge in [0.05, 0.1) is 26.0 Å². The van der Waals surface area contributed by atoms with Crippen LogP contribution in [0.2, 0.25) is 0 Å². The van der Waals surface area contributed by atoms with Crippen LogP contribution in [0.3, 0.4) is 0 Å². The third-order valence-corrected chi connectivity index (χ3v) is 5.48. The van der Waals surface area contributed by atoms with Crippen molar-refractivity contribution in [3.8, 4) is 23.0 Å². The van der Waals surface area contributed by atoms with Crippen LogP contribution < -0.4 is 14.2 Å². The molecule has 0 aliphatic carbocycles. The van der Waals surface area contributed by atoms with Crippen LogP contribution in [0.1, 0.15) is 35.4 Å². The van der Waals surface area contributed by atoms with E-state index in [4.69, 9.17) is 19.3 Å². The van der Waals surface area contributed by atoms with Gasteiger partial charge in [-0.2, -0.15) is 5.10 Å². The van der Waals surface area contributed by atoms with E-state index in [1.54, 1.807) is 44.8 Å². The zero-order valence-electron chi connectivity index (χ0n) is 16.6. The molecular weight excluding hydrogens is 382 g/mol. The van der Waals surface area contributed by atoms with Crippen LogP contribution in [0.4, 0.5) is 0 Å². The van der Waals surface area contributed by atoms with Crippen molar-refractivity contribution in [1.82, 2.24) is 9.99 Å². The minimum atomic E-state index is -0.460. The molecule has 0 amide bonds. The summed E-state index contributed by atoms with van der Waals surface area (Å²) in [7, 11) is 3.24. The Bertz CT molecular complexity index is 1120. The lowest BCUT2D eigenvalue weighted by Crippen LogP contribution is -2.33. The van der Waals surface area contributed by atoms with Crippen LogP contribution in [-0.2, 0) is 0 Å². The standard InChI is InChI=1S/C23H21N3O4/c1-28-15-8-9-20(27)17(11-15)18-12-19-16-6-3-7-21(29-2)22(16)30-23(26(19)25-18)14-5-4-10-24-13-14/h3-11,13,19,23,27H,12H2,1-2H3/t19-,23+/m0/s1. The molecule has 7 heteroatoms. The molecule has 0 saturated carbocycles. The second-order valence-corrected chi connectivity index (χ2v) is 7.16. The first-order valence-corrected chi connectivity index (χ1v) is 9.66. The number of para-hydroxylation sites is 1. The van der Waals surface area contributed by atoms with Gasteiger partial charge in [-0.15, -0.1) is 0 Å². The van der Waals surface area contributed by atoms with Crippen molar-refractivity contribution >= 4 is 5.71 Å². The number of hydrogen-bond acceptors (Lipinski definition) is 7. The Morgan fingerprint density at radius 3 is 2.77 bits per heavy atom. The maximum Gasteiger partial charge on any atom is 0.215 e. The minimum Gasteiger partial charge on any atom is -0.507 e. The van der Waals surface area contributed by atoms with Gasteiger partial charge in [-0.1, -0.05) is 18.2 Å². The Hall–Kier alpha value is -3.74. The monoisotopic (exact) mass is 403 g/mol. The average Bonchev–Trinajstić information content (AvgIpc) is 3.24. The number of aromatic nitrogens is 1. The zero-order valence-corrected chi connectivity index (χ0v) is 16.6. The fraction of sp³-hybridized carbons (Fsp3) is 0.217. The number of ether oxygens (including phenoxy) is 3. The average molecular weight is 403 g/mol. The molecule has 2 atom stereocenters. The third kappa shape index (κ3) is 2.90. The highest BCUT2D eigenvalue weighted by Crippen LogP contribution is 2.51. The van der Waals surface area contributed by atoms with Crippen LogP contribution in [0.5, 0.6) is 23.0 Å². The molecule has 2 aromatic carbocycles. The number of aromatic hydroxyl groups is 1. The molecule has 2 aliphatic heterocycles. The zero-order chi connectivity index (χ0) is 20.7. The molecule has 0 radical (unpaired) electrons. The van der Waals surface area contributed by atoms with Gasteiger partial charge in [-0.25, -0.2) is 5.01 Å². The topological polar surface area (TPSA) is 76.4 Å². The Morgan fingerprint density at radius 1 is 1.10 bits per heavy atom. The van der Waals surface area contributed by atoms with Gasteiger partial charge in [-0.05, 0) is 30.3 Å². The van der Waals surface area contributed by atoms with E-state index in [2.05, 4.69) is 4.98 Å². The summed E-state index contributed by atoms with van der Waals surface area (Å²) in [6, 6.07) is 14.8. The molecule has 5 rings (SSSR count). The first kappa shape index (κ1) is 18.3.